The van der Waals surface area contributed by atoms with Gasteiger partial charge in [0.15, 0.2) is 0 Å². The van der Waals surface area contributed by atoms with Crippen molar-refractivity contribution in [3.05, 3.63) is 23.3 Å². The highest BCUT2D eigenvalue weighted by molar-refractivity contribution is 5.48. The van der Waals surface area contributed by atoms with Crippen LogP contribution in [0.2, 0.25) is 0 Å². The molecule has 0 aliphatic carbocycles. The molecule has 1 heterocycles. The van der Waals surface area contributed by atoms with Gasteiger partial charge >= 0.3 is 0 Å². The van der Waals surface area contributed by atoms with Crippen LogP contribution in [0.4, 0.5) is 0 Å². The highest BCUT2D eigenvalue weighted by atomic mass is 16.5. The van der Waals surface area contributed by atoms with Crippen molar-refractivity contribution < 1.29 is 9.47 Å². The summed E-state index contributed by atoms with van der Waals surface area (Å²) in [6.45, 7) is 5.79. The van der Waals surface area contributed by atoms with E-state index in [1.165, 1.54) is 11.1 Å². The molecule has 1 N–H and O–H groups in total. The minimum atomic E-state index is 0.291. The largest absolute Gasteiger partial charge is 0.494 e. The van der Waals surface area contributed by atoms with Crippen molar-refractivity contribution >= 4 is 0 Å². The standard InChI is InChI=1S/C14H21NO2/c1-4-16-13-9-12-7-10(2)17-14(12)8-11(13)5-6-15-3/h8-10,15H,4-7H2,1-3H3. The van der Waals surface area contributed by atoms with Gasteiger partial charge in [0.05, 0.1) is 6.61 Å². The van der Waals surface area contributed by atoms with Crippen LogP contribution in [0.25, 0.3) is 0 Å². The normalized spacial score (nSPS) is 17.7. The third-order valence-corrected chi connectivity index (χ3v) is 3.02. The molecule has 0 bridgehead atoms. The molecule has 2 rings (SSSR count). The molecule has 0 spiro atoms. The number of hydrogen-bond donors (Lipinski definition) is 1. The van der Waals surface area contributed by atoms with Crippen LogP contribution in [-0.4, -0.2) is 26.3 Å². The van der Waals surface area contributed by atoms with Gasteiger partial charge in [-0.25, -0.2) is 0 Å². The average Bonchev–Trinajstić information content (AvgIpc) is 2.65. The minimum absolute atomic E-state index is 0.291. The van der Waals surface area contributed by atoms with E-state index in [0.29, 0.717) is 12.7 Å². The van der Waals surface area contributed by atoms with E-state index >= 15 is 0 Å². The van der Waals surface area contributed by atoms with E-state index in [1.807, 2.05) is 14.0 Å². The lowest BCUT2D eigenvalue weighted by atomic mass is 10.0. The van der Waals surface area contributed by atoms with Crippen LogP contribution in [-0.2, 0) is 12.8 Å². The van der Waals surface area contributed by atoms with Gasteiger partial charge in [-0.3, -0.25) is 0 Å². The maximum absolute atomic E-state index is 5.78. The third kappa shape index (κ3) is 2.72. The van der Waals surface area contributed by atoms with Gasteiger partial charge in [-0.15, -0.1) is 0 Å². The van der Waals surface area contributed by atoms with Crippen molar-refractivity contribution in [1.29, 1.82) is 0 Å². The Morgan fingerprint density at radius 1 is 1.47 bits per heavy atom. The lowest BCUT2D eigenvalue weighted by Gasteiger charge is -2.12. The summed E-state index contributed by atoms with van der Waals surface area (Å²) in [5.74, 6) is 2.05. The van der Waals surface area contributed by atoms with Crippen LogP contribution in [0, 0.1) is 0 Å². The number of nitrogens with one attached hydrogen (secondary N) is 1. The second kappa shape index (κ2) is 5.41. The monoisotopic (exact) mass is 235 g/mol. The van der Waals surface area contributed by atoms with E-state index in [-0.39, 0.29) is 0 Å². The molecule has 3 nitrogen and oxygen atoms in total. The van der Waals surface area contributed by atoms with Crippen LogP contribution < -0.4 is 14.8 Å². The van der Waals surface area contributed by atoms with Crippen molar-refractivity contribution in [2.24, 2.45) is 0 Å². The van der Waals surface area contributed by atoms with Crippen molar-refractivity contribution in [2.45, 2.75) is 32.8 Å². The predicted molar refractivity (Wildman–Crippen MR) is 69.0 cm³/mol. The Bertz CT molecular complexity index is 390. The zero-order chi connectivity index (χ0) is 12.3. The average molecular weight is 235 g/mol. The van der Waals surface area contributed by atoms with E-state index in [0.717, 1.165) is 30.9 Å². The molecule has 94 valence electrons. The summed E-state index contributed by atoms with van der Waals surface area (Å²) in [6, 6.07) is 4.29. The first-order valence-electron chi connectivity index (χ1n) is 6.34. The number of hydrogen-bond acceptors (Lipinski definition) is 3. The zero-order valence-electron chi connectivity index (χ0n) is 10.9. The van der Waals surface area contributed by atoms with Gasteiger partial charge in [0.2, 0.25) is 0 Å². The predicted octanol–water partition coefficient (Wildman–Crippen LogP) is 2.17. The topological polar surface area (TPSA) is 30.5 Å². The molecular formula is C14H21NO2. The van der Waals surface area contributed by atoms with Crippen molar-refractivity contribution in [3.63, 3.8) is 0 Å². The Balaban J connectivity index is 2.26. The van der Waals surface area contributed by atoms with Gasteiger partial charge in [0.1, 0.15) is 17.6 Å². The maximum Gasteiger partial charge on any atom is 0.123 e. The fourth-order valence-electron chi connectivity index (χ4n) is 2.23. The van der Waals surface area contributed by atoms with Crippen LogP contribution in [0.5, 0.6) is 11.5 Å². The molecule has 1 aliphatic heterocycles. The molecule has 3 heteroatoms. The second-order valence-electron chi connectivity index (χ2n) is 4.49. The maximum atomic E-state index is 5.78. The molecule has 1 unspecified atom stereocenters. The fraction of sp³-hybridized carbons (Fsp3) is 0.571. The van der Waals surface area contributed by atoms with Crippen molar-refractivity contribution in [3.8, 4) is 11.5 Å². The van der Waals surface area contributed by atoms with Crippen LogP contribution in [0.3, 0.4) is 0 Å². The van der Waals surface area contributed by atoms with Gasteiger partial charge in [0, 0.05) is 12.0 Å². The van der Waals surface area contributed by atoms with Crippen molar-refractivity contribution in [1.82, 2.24) is 5.32 Å². The lowest BCUT2D eigenvalue weighted by molar-refractivity contribution is 0.254. The Morgan fingerprint density at radius 3 is 3.00 bits per heavy atom. The molecule has 1 atom stereocenters. The van der Waals surface area contributed by atoms with Crippen LogP contribution in [0.1, 0.15) is 25.0 Å². The van der Waals surface area contributed by atoms with E-state index in [4.69, 9.17) is 9.47 Å². The molecule has 1 aromatic carbocycles. The Hall–Kier alpha value is -1.22. The Labute approximate surface area is 103 Å². The number of rotatable bonds is 5. The van der Waals surface area contributed by atoms with Crippen LogP contribution in [0.15, 0.2) is 12.1 Å². The van der Waals surface area contributed by atoms with Gasteiger partial charge < -0.3 is 14.8 Å². The molecule has 0 saturated heterocycles. The highest BCUT2D eigenvalue weighted by Gasteiger charge is 2.21. The molecule has 0 aromatic heterocycles. The summed E-state index contributed by atoms with van der Waals surface area (Å²) in [4.78, 5) is 0. The van der Waals surface area contributed by atoms with Crippen LogP contribution >= 0.6 is 0 Å². The molecular weight excluding hydrogens is 214 g/mol. The van der Waals surface area contributed by atoms with E-state index < -0.39 is 0 Å². The second-order valence-corrected chi connectivity index (χ2v) is 4.49. The van der Waals surface area contributed by atoms with E-state index in [2.05, 4.69) is 24.4 Å². The summed E-state index contributed by atoms with van der Waals surface area (Å²) in [5, 5.41) is 3.17. The summed E-state index contributed by atoms with van der Waals surface area (Å²) >= 11 is 0. The van der Waals surface area contributed by atoms with E-state index in [1.54, 1.807) is 0 Å². The molecule has 1 aromatic rings. The zero-order valence-corrected chi connectivity index (χ0v) is 10.9. The number of benzene rings is 1. The van der Waals surface area contributed by atoms with E-state index in [9.17, 15) is 0 Å². The first-order chi connectivity index (χ1) is 8.24. The quantitative estimate of drug-likeness (QED) is 0.848. The summed E-state index contributed by atoms with van der Waals surface area (Å²) in [7, 11) is 1.96. The molecule has 1 aliphatic rings. The van der Waals surface area contributed by atoms with Gasteiger partial charge in [0.25, 0.3) is 0 Å². The van der Waals surface area contributed by atoms with Crippen molar-refractivity contribution in [2.75, 3.05) is 20.2 Å². The summed E-state index contributed by atoms with van der Waals surface area (Å²) in [6.07, 6.45) is 2.25. The Kier molecular flexibility index (Phi) is 3.89. The van der Waals surface area contributed by atoms with Gasteiger partial charge in [-0.2, -0.15) is 0 Å². The smallest absolute Gasteiger partial charge is 0.123 e. The molecule has 0 amide bonds. The SMILES string of the molecule is CCOc1cc2c(cc1CCNC)OC(C)C2. The fourth-order valence-corrected chi connectivity index (χ4v) is 2.23. The number of likely N-dealkylation sites (N-methyl/N-ethyl adjacent to an activating group) is 1. The summed E-state index contributed by atoms with van der Waals surface area (Å²) < 4.78 is 11.5. The molecule has 0 fully saturated rings. The molecule has 0 saturated carbocycles. The van der Waals surface area contributed by atoms with Gasteiger partial charge in [-0.1, -0.05) is 0 Å². The highest BCUT2D eigenvalue weighted by Crippen LogP contribution is 2.35. The first-order valence-corrected chi connectivity index (χ1v) is 6.34. The minimum Gasteiger partial charge on any atom is -0.494 e. The Morgan fingerprint density at radius 2 is 2.29 bits per heavy atom. The first kappa shape index (κ1) is 12.2. The molecule has 17 heavy (non-hydrogen) atoms. The van der Waals surface area contributed by atoms with Gasteiger partial charge in [-0.05, 0) is 51.6 Å². The number of ether oxygens (including phenoxy) is 2. The number of fused-ring (bicyclic) bond motifs is 1. The molecule has 0 radical (unpaired) electrons. The summed E-state index contributed by atoms with van der Waals surface area (Å²) in [5.41, 5.74) is 2.50. The third-order valence-electron chi connectivity index (χ3n) is 3.02. The lowest BCUT2D eigenvalue weighted by Crippen LogP contribution is -2.11.